The Bertz CT molecular complexity index is 4210. The maximum Gasteiger partial charge on any atom is 0.136 e. The highest BCUT2D eigenvalue weighted by atomic mass is 16.3. The Balaban J connectivity index is 0.942. The summed E-state index contributed by atoms with van der Waals surface area (Å²) >= 11 is 0. The van der Waals surface area contributed by atoms with Crippen molar-refractivity contribution in [3.63, 3.8) is 0 Å². The number of hydrogen-bond donors (Lipinski definition) is 0. The first-order valence-electron chi connectivity index (χ1n) is 23.2. The van der Waals surface area contributed by atoms with E-state index in [4.69, 9.17) is 8.83 Å². The van der Waals surface area contributed by atoms with Crippen LogP contribution in [0, 0.1) is 0 Å². The molecule has 0 saturated carbocycles. The van der Waals surface area contributed by atoms with Gasteiger partial charge >= 0.3 is 0 Å². The van der Waals surface area contributed by atoms with Gasteiger partial charge in [-0.25, -0.2) is 0 Å². The number of nitrogens with zero attached hydrogens (tertiary/aromatic N) is 2. The van der Waals surface area contributed by atoms with Gasteiger partial charge in [0.25, 0.3) is 0 Å². The molecule has 0 fully saturated rings. The molecule has 4 heteroatoms. The number of anilines is 3. The molecular weight excluding hydrogens is 829 g/mol. The minimum absolute atomic E-state index is 0.866. The van der Waals surface area contributed by atoms with E-state index in [0.717, 1.165) is 105 Å². The summed E-state index contributed by atoms with van der Waals surface area (Å²) in [6.45, 7) is 0. The fourth-order valence-electron chi connectivity index (χ4n) is 10.7. The van der Waals surface area contributed by atoms with E-state index in [0.29, 0.717) is 0 Å². The second-order valence-corrected chi connectivity index (χ2v) is 17.6. The molecule has 318 valence electrons. The average Bonchev–Trinajstić information content (AvgIpc) is 4.08. The maximum atomic E-state index is 6.62. The molecule has 0 bridgehead atoms. The first-order valence-corrected chi connectivity index (χ1v) is 23.2. The molecule has 0 spiro atoms. The van der Waals surface area contributed by atoms with Gasteiger partial charge in [0.05, 0.1) is 22.4 Å². The fourth-order valence-corrected chi connectivity index (χ4v) is 10.7. The summed E-state index contributed by atoms with van der Waals surface area (Å²) in [7, 11) is 0. The van der Waals surface area contributed by atoms with E-state index in [1.807, 2.05) is 12.1 Å². The quantitative estimate of drug-likeness (QED) is 0.160. The van der Waals surface area contributed by atoms with Crippen LogP contribution in [0.4, 0.5) is 17.1 Å². The smallest absolute Gasteiger partial charge is 0.136 e. The predicted molar refractivity (Wildman–Crippen MR) is 284 cm³/mol. The second kappa shape index (κ2) is 15.2. The second-order valence-electron chi connectivity index (χ2n) is 17.6. The molecule has 0 saturated heterocycles. The minimum Gasteiger partial charge on any atom is -0.456 e. The lowest BCUT2D eigenvalue weighted by Gasteiger charge is -2.28. The van der Waals surface area contributed by atoms with Crippen LogP contribution in [0.2, 0.25) is 0 Å². The lowest BCUT2D eigenvalue weighted by atomic mass is 9.95. The van der Waals surface area contributed by atoms with Crippen molar-refractivity contribution in [1.82, 2.24) is 4.57 Å². The number of aromatic nitrogens is 1. The van der Waals surface area contributed by atoms with Gasteiger partial charge in [-0.15, -0.1) is 0 Å². The van der Waals surface area contributed by atoms with E-state index < -0.39 is 0 Å². The Morgan fingerprint density at radius 2 is 0.794 bits per heavy atom. The molecule has 3 heterocycles. The molecule has 0 aliphatic carbocycles. The molecular formula is C64H40N2O2. The molecule has 0 unspecified atom stereocenters. The molecule has 14 rings (SSSR count). The predicted octanol–water partition coefficient (Wildman–Crippen LogP) is 18.2. The van der Waals surface area contributed by atoms with E-state index >= 15 is 0 Å². The molecule has 4 nitrogen and oxygen atoms in total. The SMILES string of the molecule is c1ccc(N(c2ccc(-c3ccccc3-n3c4ccccc4c4ccccc43)cc2)c2ccc(-c3cccc4oc5ccccc5c34)cc2)c(-c2cccc3oc4cc5ccccc5cc4c23)c1. The van der Waals surface area contributed by atoms with Crippen LogP contribution in [0.5, 0.6) is 0 Å². The summed E-state index contributed by atoms with van der Waals surface area (Å²) in [4.78, 5) is 2.39. The van der Waals surface area contributed by atoms with Gasteiger partial charge in [0.2, 0.25) is 0 Å². The van der Waals surface area contributed by atoms with Crippen molar-refractivity contribution in [3.05, 3.63) is 243 Å². The molecule has 11 aromatic carbocycles. The lowest BCUT2D eigenvalue weighted by Crippen LogP contribution is -2.11. The van der Waals surface area contributed by atoms with Gasteiger partial charge in [0, 0.05) is 54.8 Å². The van der Waals surface area contributed by atoms with Crippen LogP contribution in [-0.4, -0.2) is 4.57 Å². The van der Waals surface area contributed by atoms with E-state index in [1.165, 1.54) is 27.2 Å². The van der Waals surface area contributed by atoms with Crippen LogP contribution in [0.15, 0.2) is 251 Å². The first kappa shape index (κ1) is 38.2. The molecule has 0 atom stereocenters. The van der Waals surface area contributed by atoms with Crippen LogP contribution in [0.1, 0.15) is 0 Å². The van der Waals surface area contributed by atoms with Crippen molar-refractivity contribution in [2.24, 2.45) is 0 Å². The normalized spacial score (nSPS) is 11.8. The van der Waals surface area contributed by atoms with Gasteiger partial charge in [-0.05, 0) is 112 Å². The van der Waals surface area contributed by atoms with Crippen molar-refractivity contribution in [2.75, 3.05) is 4.90 Å². The Morgan fingerprint density at radius 1 is 0.309 bits per heavy atom. The van der Waals surface area contributed by atoms with Crippen LogP contribution >= 0.6 is 0 Å². The monoisotopic (exact) mass is 868 g/mol. The third-order valence-corrected chi connectivity index (χ3v) is 13.8. The third-order valence-electron chi connectivity index (χ3n) is 13.8. The first-order chi connectivity index (χ1) is 33.7. The topological polar surface area (TPSA) is 34.5 Å². The largest absolute Gasteiger partial charge is 0.456 e. The van der Waals surface area contributed by atoms with Gasteiger partial charge in [-0.1, -0.05) is 164 Å². The summed E-state index contributed by atoms with van der Waals surface area (Å²) < 4.78 is 15.3. The summed E-state index contributed by atoms with van der Waals surface area (Å²) in [5.74, 6) is 0. The van der Waals surface area contributed by atoms with E-state index in [1.54, 1.807) is 0 Å². The number of benzene rings is 11. The Kier molecular flexibility index (Phi) is 8.55. The standard InChI is InChI=1S/C64H40N2O2/c1-2-16-44-40-62-54(39-43(44)15-1)64-52(23-14-30-61(64)68-62)51-20-6-9-25-56(51)65(46-37-33-42(34-38-46)48-22-13-29-60-63(48)53-21-7-12-28-59(53)67-60)45-35-31-41(32-36-45)47-17-3-8-24-55(47)66-57-26-10-4-18-49(57)50-19-5-11-27-58(50)66/h1-40H. The maximum absolute atomic E-state index is 6.62. The molecule has 0 aliphatic rings. The number of rotatable bonds is 7. The van der Waals surface area contributed by atoms with E-state index in [9.17, 15) is 0 Å². The highest BCUT2D eigenvalue weighted by Gasteiger charge is 2.22. The number of fused-ring (bicyclic) bond motifs is 10. The zero-order valence-electron chi connectivity index (χ0n) is 36.8. The molecule has 14 aromatic rings. The Labute approximate surface area is 391 Å². The van der Waals surface area contributed by atoms with Crippen molar-refractivity contribution in [2.45, 2.75) is 0 Å². The lowest BCUT2D eigenvalue weighted by molar-refractivity contribution is 0.669. The molecule has 0 N–H and O–H groups in total. The fraction of sp³-hybridized carbons (Fsp3) is 0. The van der Waals surface area contributed by atoms with Gasteiger partial charge in [0.15, 0.2) is 0 Å². The summed E-state index contributed by atoms with van der Waals surface area (Å²) in [6, 6.07) is 87.0. The van der Waals surface area contributed by atoms with Crippen molar-refractivity contribution in [1.29, 1.82) is 0 Å². The Hall–Kier alpha value is -9.12. The molecule has 68 heavy (non-hydrogen) atoms. The van der Waals surface area contributed by atoms with Crippen molar-refractivity contribution >= 4 is 93.5 Å². The van der Waals surface area contributed by atoms with Crippen molar-refractivity contribution in [3.8, 4) is 39.1 Å². The zero-order chi connectivity index (χ0) is 44.7. The molecule has 0 amide bonds. The number of hydrogen-bond acceptors (Lipinski definition) is 3. The number of furan rings is 2. The van der Waals surface area contributed by atoms with Crippen LogP contribution in [-0.2, 0) is 0 Å². The zero-order valence-corrected chi connectivity index (χ0v) is 36.8. The van der Waals surface area contributed by atoms with Gasteiger partial charge in [0.1, 0.15) is 22.3 Å². The average molecular weight is 869 g/mol. The highest BCUT2D eigenvalue weighted by Crippen LogP contribution is 2.47. The summed E-state index contributed by atoms with van der Waals surface area (Å²) in [6.07, 6.45) is 0. The summed E-state index contributed by atoms with van der Waals surface area (Å²) in [5, 5.41) is 9.29. The van der Waals surface area contributed by atoms with Crippen molar-refractivity contribution < 1.29 is 8.83 Å². The molecule has 0 radical (unpaired) electrons. The molecule has 3 aromatic heterocycles. The highest BCUT2D eigenvalue weighted by molar-refractivity contribution is 6.17. The van der Waals surface area contributed by atoms with Crippen LogP contribution in [0.3, 0.4) is 0 Å². The Morgan fingerprint density at radius 3 is 1.50 bits per heavy atom. The van der Waals surface area contributed by atoms with E-state index in [2.05, 4.69) is 240 Å². The molecule has 0 aliphatic heterocycles. The van der Waals surface area contributed by atoms with Gasteiger partial charge < -0.3 is 18.3 Å². The van der Waals surface area contributed by atoms with Crippen LogP contribution in [0.25, 0.3) is 116 Å². The number of para-hydroxylation sites is 5. The van der Waals surface area contributed by atoms with E-state index in [-0.39, 0.29) is 0 Å². The minimum atomic E-state index is 0.866. The third kappa shape index (κ3) is 5.94. The van der Waals surface area contributed by atoms with Gasteiger partial charge in [-0.2, -0.15) is 0 Å². The summed E-state index contributed by atoms with van der Waals surface area (Å²) in [5.41, 5.74) is 17.0. The van der Waals surface area contributed by atoms with Gasteiger partial charge in [-0.3, -0.25) is 0 Å². The van der Waals surface area contributed by atoms with Crippen LogP contribution < -0.4 is 4.90 Å².